The van der Waals surface area contributed by atoms with Crippen LogP contribution in [0, 0.1) is 0 Å². The molecule has 0 aliphatic heterocycles. The molecule has 6 heteroatoms. The van der Waals surface area contributed by atoms with Crippen molar-refractivity contribution in [1.82, 2.24) is 4.98 Å². The van der Waals surface area contributed by atoms with Gasteiger partial charge in [-0.15, -0.1) is 0 Å². The fourth-order valence-corrected chi connectivity index (χ4v) is 3.54. The molecule has 0 radical (unpaired) electrons. The highest BCUT2D eigenvalue weighted by molar-refractivity contribution is 6.33. The molecule has 1 amide bonds. The number of ether oxygens (including phenoxy) is 1. The van der Waals surface area contributed by atoms with Crippen LogP contribution in [0.5, 0.6) is 5.75 Å². The van der Waals surface area contributed by atoms with E-state index in [1.165, 1.54) is 5.56 Å². The molecule has 1 N–H and O–H groups in total. The smallest absolute Gasteiger partial charge is 0.255 e. The molecule has 32 heavy (non-hydrogen) atoms. The topological polar surface area (TPSA) is 64.4 Å². The van der Waals surface area contributed by atoms with E-state index in [1.807, 2.05) is 32.0 Å². The Hall–Kier alpha value is -3.31. The first-order valence-electron chi connectivity index (χ1n) is 10.6. The number of aromatic nitrogens is 1. The second kappa shape index (κ2) is 9.05. The summed E-state index contributed by atoms with van der Waals surface area (Å²) in [6.45, 7) is 8.18. The second-order valence-corrected chi connectivity index (χ2v) is 8.65. The van der Waals surface area contributed by atoms with Gasteiger partial charge in [0.1, 0.15) is 11.3 Å². The van der Waals surface area contributed by atoms with Gasteiger partial charge >= 0.3 is 0 Å². The number of carbonyl (C=O) groups is 1. The number of amides is 1. The lowest BCUT2D eigenvalue weighted by Crippen LogP contribution is -2.12. The lowest BCUT2D eigenvalue weighted by atomic mass is 10.0. The molecular weight excluding hydrogens is 424 g/mol. The van der Waals surface area contributed by atoms with Gasteiger partial charge in [0.05, 0.1) is 16.7 Å². The van der Waals surface area contributed by atoms with Crippen LogP contribution in [-0.4, -0.2) is 17.0 Å². The van der Waals surface area contributed by atoms with Gasteiger partial charge < -0.3 is 14.5 Å². The Morgan fingerprint density at radius 1 is 1.00 bits per heavy atom. The molecule has 0 aliphatic carbocycles. The van der Waals surface area contributed by atoms with E-state index >= 15 is 0 Å². The molecule has 0 unspecified atom stereocenters. The Labute approximate surface area is 192 Å². The molecule has 1 aromatic heterocycles. The highest BCUT2D eigenvalue weighted by Crippen LogP contribution is 2.33. The average Bonchev–Trinajstić information content (AvgIpc) is 3.18. The molecule has 0 fully saturated rings. The monoisotopic (exact) mass is 448 g/mol. The lowest BCUT2D eigenvalue weighted by Gasteiger charge is -2.11. The Bertz CT molecular complexity index is 1260. The maximum atomic E-state index is 12.7. The fraction of sp³-hybridized carbons (Fsp3) is 0.231. The van der Waals surface area contributed by atoms with Crippen LogP contribution in [0.3, 0.4) is 0 Å². The number of nitrogens with one attached hydrogen (secondary N) is 1. The van der Waals surface area contributed by atoms with Crippen LogP contribution in [0.2, 0.25) is 5.02 Å². The van der Waals surface area contributed by atoms with Crippen LogP contribution >= 0.6 is 11.6 Å². The van der Waals surface area contributed by atoms with Crippen molar-refractivity contribution >= 4 is 34.3 Å². The van der Waals surface area contributed by atoms with Crippen molar-refractivity contribution in [2.45, 2.75) is 39.7 Å². The minimum absolute atomic E-state index is 0.0750. The number of carbonyl (C=O) groups excluding carboxylic acids is 1. The van der Waals surface area contributed by atoms with Crippen LogP contribution in [0.4, 0.5) is 5.69 Å². The molecule has 1 heterocycles. The summed E-state index contributed by atoms with van der Waals surface area (Å²) >= 11 is 6.43. The number of hydrogen-bond acceptors (Lipinski definition) is 4. The summed E-state index contributed by atoms with van der Waals surface area (Å²) in [5, 5.41) is 3.40. The molecule has 5 nitrogen and oxygen atoms in total. The fourth-order valence-electron chi connectivity index (χ4n) is 3.35. The minimum Gasteiger partial charge on any atom is -0.491 e. The van der Waals surface area contributed by atoms with Crippen LogP contribution in [0.1, 0.15) is 49.5 Å². The van der Waals surface area contributed by atoms with Gasteiger partial charge in [0.15, 0.2) is 5.58 Å². The van der Waals surface area contributed by atoms with E-state index in [4.69, 9.17) is 20.8 Å². The first-order chi connectivity index (χ1) is 15.3. The van der Waals surface area contributed by atoms with Crippen molar-refractivity contribution in [3.8, 4) is 17.2 Å². The largest absolute Gasteiger partial charge is 0.491 e. The van der Waals surface area contributed by atoms with Crippen LogP contribution < -0.4 is 10.1 Å². The highest BCUT2D eigenvalue weighted by Gasteiger charge is 2.15. The van der Waals surface area contributed by atoms with E-state index in [1.54, 1.807) is 42.5 Å². The van der Waals surface area contributed by atoms with E-state index in [9.17, 15) is 4.79 Å². The predicted octanol–water partition coefficient (Wildman–Crippen LogP) is 7.31. The van der Waals surface area contributed by atoms with Gasteiger partial charge in [-0.05, 0) is 79.9 Å². The zero-order chi connectivity index (χ0) is 22.8. The number of rotatable bonds is 6. The van der Waals surface area contributed by atoms with Gasteiger partial charge in [0.2, 0.25) is 5.89 Å². The molecular formula is C26H25ClN2O3. The van der Waals surface area contributed by atoms with Gasteiger partial charge in [0.25, 0.3) is 5.91 Å². The van der Waals surface area contributed by atoms with Gasteiger partial charge in [-0.1, -0.05) is 31.5 Å². The maximum Gasteiger partial charge on any atom is 0.255 e. The van der Waals surface area contributed by atoms with Crippen molar-refractivity contribution in [1.29, 1.82) is 0 Å². The number of oxazole rings is 1. The van der Waals surface area contributed by atoms with Gasteiger partial charge in [-0.3, -0.25) is 4.79 Å². The quantitative estimate of drug-likeness (QED) is 0.335. The summed E-state index contributed by atoms with van der Waals surface area (Å²) < 4.78 is 11.6. The third kappa shape index (κ3) is 4.78. The molecule has 3 aromatic carbocycles. The number of hydrogen-bond donors (Lipinski definition) is 1. The third-order valence-electron chi connectivity index (χ3n) is 5.02. The molecule has 0 saturated carbocycles. The third-order valence-corrected chi connectivity index (χ3v) is 5.35. The van der Waals surface area contributed by atoms with Crippen LogP contribution in [0.25, 0.3) is 22.6 Å². The summed E-state index contributed by atoms with van der Waals surface area (Å²) in [4.78, 5) is 17.3. The summed E-state index contributed by atoms with van der Waals surface area (Å²) in [5.74, 6) is 1.31. The van der Waals surface area contributed by atoms with Crippen molar-refractivity contribution < 1.29 is 13.9 Å². The van der Waals surface area contributed by atoms with Crippen LogP contribution in [0.15, 0.2) is 65.1 Å². The van der Waals surface area contributed by atoms with E-state index < -0.39 is 0 Å². The number of nitrogens with zero attached hydrogens (tertiary/aromatic N) is 1. The normalized spacial score (nSPS) is 11.3. The SMILES string of the molecule is CC(C)Oc1ccc(C(=O)Nc2ccc(Cl)c(-c3nc4cc(C(C)C)ccc4o3)c2)cc1. The zero-order valence-corrected chi connectivity index (χ0v) is 19.2. The number of anilines is 1. The summed E-state index contributed by atoms with van der Waals surface area (Å²) in [6.07, 6.45) is 0.0750. The van der Waals surface area contributed by atoms with Crippen molar-refractivity contribution in [3.05, 3.63) is 76.8 Å². The maximum absolute atomic E-state index is 12.7. The molecule has 0 saturated heterocycles. The van der Waals surface area contributed by atoms with Crippen molar-refractivity contribution in [2.75, 3.05) is 5.32 Å². The standard InChI is InChI=1S/C26H25ClN2O3/c1-15(2)18-7-12-24-23(13-18)29-26(32-24)21-14-19(8-11-22(21)27)28-25(30)17-5-9-20(10-6-17)31-16(3)4/h5-16H,1-4H3,(H,28,30). The molecule has 0 atom stereocenters. The Kier molecular flexibility index (Phi) is 6.19. The first kappa shape index (κ1) is 21.9. The number of fused-ring (bicyclic) bond motifs is 1. The predicted molar refractivity (Wildman–Crippen MR) is 129 cm³/mol. The van der Waals surface area contributed by atoms with E-state index in [2.05, 4.69) is 24.1 Å². The number of halogens is 1. The summed E-state index contributed by atoms with van der Waals surface area (Å²) in [6, 6.07) is 18.3. The molecule has 4 aromatic rings. The number of benzene rings is 3. The van der Waals surface area contributed by atoms with Gasteiger partial charge in [0, 0.05) is 11.3 Å². The highest BCUT2D eigenvalue weighted by atomic mass is 35.5. The Balaban J connectivity index is 1.57. The molecule has 0 bridgehead atoms. The Morgan fingerprint density at radius 2 is 1.75 bits per heavy atom. The molecule has 0 aliphatic rings. The van der Waals surface area contributed by atoms with Gasteiger partial charge in [-0.25, -0.2) is 4.98 Å². The summed E-state index contributed by atoms with van der Waals surface area (Å²) in [5.41, 5.74) is 4.41. The minimum atomic E-state index is -0.228. The second-order valence-electron chi connectivity index (χ2n) is 8.24. The lowest BCUT2D eigenvalue weighted by molar-refractivity contribution is 0.102. The van der Waals surface area contributed by atoms with E-state index in [-0.39, 0.29) is 12.0 Å². The van der Waals surface area contributed by atoms with Crippen molar-refractivity contribution in [3.63, 3.8) is 0 Å². The van der Waals surface area contributed by atoms with Crippen LogP contribution in [-0.2, 0) is 0 Å². The molecule has 4 rings (SSSR count). The average molecular weight is 449 g/mol. The summed E-state index contributed by atoms with van der Waals surface area (Å²) in [7, 11) is 0. The molecule has 164 valence electrons. The first-order valence-corrected chi connectivity index (χ1v) is 11.0. The van der Waals surface area contributed by atoms with E-state index in [0.717, 1.165) is 11.3 Å². The van der Waals surface area contributed by atoms with E-state index in [0.29, 0.717) is 39.2 Å². The zero-order valence-electron chi connectivity index (χ0n) is 18.5. The van der Waals surface area contributed by atoms with Gasteiger partial charge in [-0.2, -0.15) is 0 Å². The molecule has 0 spiro atoms. The van der Waals surface area contributed by atoms with Crippen molar-refractivity contribution in [2.24, 2.45) is 0 Å². The Morgan fingerprint density at radius 3 is 2.44 bits per heavy atom.